The first-order valence-electron chi connectivity index (χ1n) is 6.42. The largest absolute Gasteiger partial charge is 0.469 e. The minimum absolute atomic E-state index is 0.177. The molecule has 4 heteroatoms. The number of methoxy groups -OCH3 is 1. The average molecular weight is 269 g/mol. The highest BCUT2D eigenvalue weighted by molar-refractivity contribution is 7.12. The van der Waals surface area contributed by atoms with Crippen LogP contribution in [0.4, 0.5) is 0 Å². The van der Waals surface area contributed by atoms with Crippen molar-refractivity contribution in [3.63, 3.8) is 0 Å². The standard InChI is InChI=1S/C14H23NO2S/c1-5-14(3,6-2)15-10-12-8-7-11(18-12)9-13(16)17-4/h7-8,15H,5-6,9-10H2,1-4H3. The maximum Gasteiger partial charge on any atom is 0.310 e. The van der Waals surface area contributed by atoms with Gasteiger partial charge in [-0.05, 0) is 31.9 Å². The zero-order valence-corrected chi connectivity index (χ0v) is 12.5. The first kappa shape index (κ1) is 15.2. The molecule has 102 valence electrons. The Morgan fingerprint density at radius 2 is 1.94 bits per heavy atom. The van der Waals surface area contributed by atoms with E-state index in [1.807, 2.05) is 6.07 Å². The second-order valence-corrected chi connectivity index (χ2v) is 6.00. The number of hydrogen-bond acceptors (Lipinski definition) is 4. The minimum Gasteiger partial charge on any atom is -0.469 e. The third-order valence-electron chi connectivity index (χ3n) is 3.51. The number of carbonyl (C=O) groups excluding carboxylic acids is 1. The summed E-state index contributed by atoms with van der Waals surface area (Å²) in [4.78, 5) is 13.5. The van der Waals surface area contributed by atoms with E-state index < -0.39 is 0 Å². The molecule has 0 saturated carbocycles. The first-order chi connectivity index (χ1) is 8.53. The molecule has 1 heterocycles. The molecular weight excluding hydrogens is 246 g/mol. The van der Waals surface area contributed by atoms with Crippen LogP contribution in [0, 0.1) is 0 Å². The smallest absolute Gasteiger partial charge is 0.310 e. The zero-order valence-electron chi connectivity index (χ0n) is 11.7. The van der Waals surface area contributed by atoms with Crippen molar-refractivity contribution in [2.75, 3.05) is 7.11 Å². The normalized spacial score (nSPS) is 11.6. The van der Waals surface area contributed by atoms with Gasteiger partial charge in [-0.1, -0.05) is 13.8 Å². The number of rotatable bonds is 7. The van der Waals surface area contributed by atoms with Gasteiger partial charge in [-0.15, -0.1) is 11.3 Å². The highest BCUT2D eigenvalue weighted by Gasteiger charge is 2.18. The Kier molecular flexibility index (Phi) is 5.82. The van der Waals surface area contributed by atoms with Crippen LogP contribution in [0.5, 0.6) is 0 Å². The van der Waals surface area contributed by atoms with Gasteiger partial charge in [-0.25, -0.2) is 0 Å². The lowest BCUT2D eigenvalue weighted by atomic mass is 9.96. The molecule has 0 aliphatic rings. The van der Waals surface area contributed by atoms with Crippen molar-refractivity contribution >= 4 is 17.3 Å². The van der Waals surface area contributed by atoms with Crippen LogP contribution in [0.25, 0.3) is 0 Å². The van der Waals surface area contributed by atoms with Crippen molar-refractivity contribution < 1.29 is 9.53 Å². The van der Waals surface area contributed by atoms with Gasteiger partial charge in [0, 0.05) is 21.8 Å². The van der Waals surface area contributed by atoms with Crippen molar-refractivity contribution in [3.8, 4) is 0 Å². The number of ether oxygens (including phenoxy) is 1. The van der Waals surface area contributed by atoms with Gasteiger partial charge in [0.25, 0.3) is 0 Å². The number of nitrogens with one attached hydrogen (secondary N) is 1. The van der Waals surface area contributed by atoms with Gasteiger partial charge >= 0.3 is 5.97 Å². The molecule has 0 unspecified atom stereocenters. The van der Waals surface area contributed by atoms with Gasteiger partial charge < -0.3 is 10.1 Å². The summed E-state index contributed by atoms with van der Waals surface area (Å²) in [6.07, 6.45) is 2.60. The Morgan fingerprint density at radius 1 is 1.33 bits per heavy atom. The van der Waals surface area contributed by atoms with E-state index in [1.54, 1.807) is 11.3 Å². The molecule has 0 atom stereocenters. The molecule has 0 aliphatic carbocycles. The maximum absolute atomic E-state index is 11.2. The van der Waals surface area contributed by atoms with Crippen molar-refractivity contribution in [2.24, 2.45) is 0 Å². The second-order valence-electron chi connectivity index (χ2n) is 4.74. The molecular formula is C14H23NO2S. The SMILES string of the molecule is CCC(C)(CC)NCc1ccc(CC(=O)OC)s1. The molecule has 0 radical (unpaired) electrons. The quantitative estimate of drug-likeness (QED) is 0.773. The van der Waals surface area contributed by atoms with E-state index in [2.05, 4.69) is 36.9 Å². The van der Waals surface area contributed by atoms with Crippen LogP contribution < -0.4 is 5.32 Å². The van der Waals surface area contributed by atoms with Crippen molar-refractivity contribution in [3.05, 3.63) is 21.9 Å². The zero-order chi connectivity index (χ0) is 13.6. The fourth-order valence-corrected chi connectivity index (χ4v) is 2.57. The highest BCUT2D eigenvalue weighted by atomic mass is 32.1. The molecule has 0 saturated heterocycles. The summed E-state index contributed by atoms with van der Waals surface area (Å²) in [5.74, 6) is -0.177. The summed E-state index contributed by atoms with van der Waals surface area (Å²) < 4.78 is 4.66. The third-order valence-corrected chi connectivity index (χ3v) is 4.60. The summed E-state index contributed by atoms with van der Waals surface area (Å²) in [5, 5.41) is 3.59. The Hall–Kier alpha value is -0.870. The van der Waals surface area contributed by atoms with Gasteiger partial charge in [0.1, 0.15) is 0 Å². The lowest BCUT2D eigenvalue weighted by Gasteiger charge is -2.28. The molecule has 0 bridgehead atoms. The summed E-state index contributed by atoms with van der Waals surface area (Å²) in [6, 6.07) is 4.09. The van der Waals surface area contributed by atoms with E-state index >= 15 is 0 Å². The van der Waals surface area contributed by atoms with E-state index in [0.717, 1.165) is 24.3 Å². The van der Waals surface area contributed by atoms with Crippen LogP contribution in [0.3, 0.4) is 0 Å². The van der Waals surface area contributed by atoms with Gasteiger partial charge in [0.2, 0.25) is 0 Å². The Bertz CT molecular complexity index is 383. The predicted octanol–water partition coefficient (Wildman–Crippen LogP) is 3.13. The molecule has 0 amide bonds. The lowest BCUT2D eigenvalue weighted by Crippen LogP contribution is -2.40. The topological polar surface area (TPSA) is 38.3 Å². The molecule has 18 heavy (non-hydrogen) atoms. The Balaban J connectivity index is 2.51. The van der Waals surface area contributed by atoms with E-state index in [4.69, 9.17) is 0 Å². The molecule has 0 aromatic carbocycles. The van der Waals surface area contributed by atoms with E-state index in [9.17, 15) is 4.79 Å². The average Bonchev–Trinajstić information content (AvgIpc) is 2.83. The summed E-state index contributed by atoms with van der Waals surface area (Å²) in [6.45, 7) is 7.52. The number of hydrogen-bond donors (Lipinski definition) is 1. The summed E-state index contributed by atoms with van der Waals surface area (Å²) in [7, 11) is 1.42. The van der Waals surface area contributed by atoms with Crippen LogP contribution in [0.1, 0.15) is 43.4 Å². The Morgan fingerprint density at radius 3 is 2.50 bits per heavy atom. The molecule has 0 spiro atoms. The van der Waals surface area contributed by atoms with Crippen molar-refractivity contribution in [1.29, 1.82) is 0 Å². The third kappa shape index (κ3) is 4.42. The van der Waals surface area contributed by atoms with Crippen LogP contribution >= 0.6 is 11.3 Å². The predicted molar refractivity (Wildman–Crippen MR) is 75.9 cm³/mol. The lowest BCUT2D eigenvalue weighted by molar-refractivity contribution is -0.139. The van der Waals surface area contributed by atoms with Crippen molar-refractivity contribution in [2.45, 2.75) is 52.1 Å². The molecule has 1 N–H and O–H groups in total. The minimum atomic E-state index is -0.177. The number of esters is 1. The molecule has 1 aromatic heterocycles. The van der Waals surface area contributed by atoms with Crippen LogP contribution in [0.15, 0.2) is 12.1 Å². The molecule has 3 nitrogen and oxygen atoms in total. The number of thiophene rings is 1. The van der Waals surface area contributed by atoms with E-state index in [0.29, 0.717) is 6.42 Å². The first-order valence-corrected chi connectivity index (χ1v) is 7.24. The van der Waals surface area contributed by atoms with Gasteiger partial charge in [-0.3, -0.25) is 4.79 Å². The van der Waals surface area contributed by atoms with Crippen LogP contribution in [-0.4, -0.2) is 18.6 Å². The van der Waals surface area contributed by atoms with Gasteiger partial charge in [0.15, 0.2) is 0 Å². The number of carbonyl (C=O) groups is 1. The molecule has 1 rings (SSSR count). The Labute approximate surface area is 114 Å². The van der Waals surface area contributed by atoms with Crippen LogP contribution in [0.2, 0.25) is 0 Å². The molecule has 0 aliphatic heterocycles. The second kappa shape index (κ2) is 6.90. The highest BCUT2D eigenvalue weighted by Crippen LogP contribution is 2.20. The monoisotopic (exact) mass is 269 g/mol. The molecule has 0 fully saturated rings. The van der Waals surface area contributed by atoms with E-state index in [-0.39, 0.29) is 11.5 Å². The fourth-order valence-electron chi connectivity index (χ4n) is 1.63. The fraction of sp³-hybridized carbons (Fsp3) is 0.643. The van der Waals surface area contributed by atoms with Crippen LogP contribution in [-0.2, 0) is 22.5 Å². The van der Waals surface area contributed by atoms with Crippen molar-refractivity contribution in [1.82, 2.24) is 5.32 Å². The summed E-state index contributed by atoms with van der Waals surface area (Å²) in [5.41, 5.74) is 0.201. The van der Waals surface area contributed by atoms with E-state index in [1.165, 1.54) is 12.0 Å². The van der Waals surface area contributed by atoms with Gasteiger partial charge in [0.05, 0.1) is 13.5 Å². The summed E-state index contributed by atoms with van der Waals surface area (Å²) >= 11 is 1.67. The molecule has 1 aromatic rings. The van der Waals surface area contributed by atoms with Gasteiger partial charge in [-0.2, -0.15) is 0 Å². The maximum atomic E-state index is 11.2.